The minimum absolute atomic E-state index is 0.571. The summed E-state index contributed by atoms with van der Waals surface area (Å²) in [5.41, 5.74) is 1.55. The number of thiocarbonyl (C=S) groups is 1. The number of thioether (sulfide) groups is 2. The molecule has 0 aliphatic carbocycles. The highest BCUT2D eigenvalue weighted by atomic mass is 35.5. The van der Waals surface area contributed by atoms with Crippen LogP contribution in [0.3, 0.4) is 0 Å². The first kappa shape index (κ1) is 19.2. The Morgan fingerprint density at radius 1 is 1.23 bits per heavy atom. The molecule has 0 fully saturated rings. The Balaban J connectivity index is 1.76. The highest BCUT2D eigenvalue weighted by Gasteiger charge is 2.14. The van der Waals surface area contributed by atoms with E-state index in [0.29, 0.717) is 15.1 Å². The average Bonchev–Trinajstić information content (AvgIpc) is 3.05. The second-order valence-corrected chi connectivity index (χ2v) is 8.41. The van der Waals surface area contributed by atoms with Gasteiger partial charge in [-0.1, -0.05) is 23.8 Å². The monoisotopic (exact) mass is 424 g/mol. The van der Waals surface area contributed by atoms with Gasteiger partial charge in [-0.2, -0.15) is 0 Å². The molecule has 0 saturated heterocycles. The minimum Gasteiger partial charge on any atom is -0.374 e. The number of fused-ring (bicyclic) bond motifs is 1. The van der Waals surface area contributed by atoms with Crippen LogP contribution in [0, 0.1) is 0 Å². The molecule has 6 nitrogen and oxygen atoms in total. The van der Waals surface area contributed by atoms with E-state index in [1.165, 1.54) is 16.7 Å². The van der Waals surface area contributed by atoms with Crippen LogP contribution in [-0.4, -0.2) is 43.7 Å². The number of hydrogen-bond donors (Lipinski definition) is 2. The van der Waals surface area contributed by atoms with E-state index in [9.17, 15) is 0 Å². The Bertz CT molecular complexity index is 912. The van der Waals surface area contributed by atoms with Gasteiger partial charge in [0.1, 0.15) is 9.84 Å². The molecule has 0 unspecified atom stereocenters. The van der Waals surface area contributed by atoms with Crippen LogP contribution in [0.5, 0.6) is 0 Å². The zero-order valence-corrected chi connectivity index (χ0v) is 17.4. The van der Waals surface area contributed by atoms with Gasteiger partial charge in [0, 0.05) is 36.3 Å². The van der Waals surface area contributed by atoms with Gasteiger partial charge in [0.05, 0.1) is 6.33 Å². The third-order valence-electron chi connectivity index (χ3n) is 3.49. The van der Waals surface area contributed by atoms with Crippen LogP contribution in [-0.2, 0) is 6.54 Å². The number of halogens is 1. The average molecular weight is 425 g/mol. The number of aryl methyl sites for hydroxylation is 1. The maximum Gasteiger partial charge on any atom is 0.198 e. The summed E-state index contributed by atoms with van der Waals surface area (Å²) in [5, 5.41) is 7.36. The highest BCUT2D eigenvalue weighted by molar-refractivity contribution is 8.22. The van der Waals surface area contributed by atoms with Crippen molar-refractivity contribution < 1.29 is 0 Å². The standard InChI is InChI=1S/C16H17ClN6S3/c1-18-13-12-14(22-15(21-13)26-16(24)19-2)20-9-23(12)7-8-25-11-5-3-10(17)4-6-11/h3-6,9H,7-8H2,1-2H3,(H,19,24)(H,18,21,22). The number of nitrogens with one attached hydrogen (secondary N) is 2. The summed E-state index contributed by atoms with van der Waals surface area (Å²) in [5.74, 6) is 1.64. The first-order valence-electron chi connectivity index (χ1n) is 7.79. The fourth-order valence-corrected chi connectivity index (χ4v) is 4.01. The van der Waals surface area contributed by atoms with Crippen LogP contribution in [0.1, 0.15) is 0 Å². The molecular formula is C16H17ClN6S3. The van der Waals surface area contributed by atoms with Crippen molar-refractivity contribution in [1.29, 1.82) is 0 Å². The summed E-state index contributed by atoms with van der Waals surface area (Å²) in [4.78, 5) is 14.7. The number of rotatable bonds is 6. The smallest absolute Gasteiger partial charge is 0.198 e. The molecule has 26 heavy (non-hydrogen) atoms. The van der Waals surface area contributed by atoms with Gasteiger partial charge in [-0.05, 0) is 36.0 Å². The van der Waals surface area contributed by atoms with Crippen molar-refractivity contribution in [2.45, 2.75) is 16.6 Å². The predicted molar refractivity (Wildman–Crippen MR) is 115 cm³/mol. The molecule has 0 bridgehead atoms. The number of hydrogen-bond acceptors (Lipinski definition) is 7. The number of benzene rings is 1. The molecule has 2 aromatic heterocycles. The molecule has 0 aliphatic rings. The van der Waals surface area contributed by atoms with E-state index in [1.54, 1.807) is 25.1 Å². The van der Waals surface area contributed by atoms with E-state index < -0.39 is 0 Å². The lowest BCUT2D eigenvalue weighted by Gasteiger charge is -2.09. The van der Waals surface area contributed by atoms with Gasteiger partial charge in [0.2, 0.25) is 0 Å². The van der Waals surface area contributed by atoms with Gasteiger partial charge in [-0.15, -0.1) is 11.8 Å². The van der Waals surface area contributed by atoms with E-state index in [2.05, 4.69) is 30.2 Å². The second-order valence-electron chi connectivity index (χ2n) is 5.16. The number of aromatic nitrogens is 4. The number of nitrogens with zero attached hydrogens (tertiary/aromatic N) is 4. The fraction of sp³-hybridized carbons (Fsp3) is 0.250. The van der Waals surface area contributed by atoms with Crippen LogP contribution in [0.4, 0.5) is 5.82 Å². The van der Waals surface area contributed by atoms with Gasteiger partial charge >= 0.3 is 0 Å². The van der Waals surface area contributed by atoms with E-state index in [-0.39, 0.29) is 0 Å². The van der Waals surface area contributed by atoms with Crippen molar-refractivity contribution in [2.24, 2.45) is 0 Å². The maximum absolute atomic E-state index is 5.92. The summed E-state index contributed by atoms with van der Waals surface area (Å²) in [6.07, 6.45) is 1.80. The Hall–Kier alpha value is -1.55. The second kappa shape index (κ2) is 8.90. The lowest BCUT2D eigenvalue weighted by atomic mass is 10.4. The first-order valence-corrected chi connectivity index (χ1v) is 10.4. The molecule has 0 spiro atoms. The summed E-state index contributed by atoms with van der Waals surface area (Å²) in [6.45, 7) is 0.795. The molecule has 0 aliphatic heterocycles. The van der Waals surface area contributed by atoms with E-state index >= 15 is 0 Å². The molecule has 0 amide bonds. The Morgan fingerprint density at radius 3 is 2.69 bits per heavy atom. The number of imidazole rings is 1. The molecule has 1 aromatic carbocycles. The third-order valence-corrected chi connectivity index (χ3v) is 5.94. The third kappa shape index (κ3) is 4.59. The van der Waals surface area contributed by atoms with Gasteiger partial charge in [-0.25, -0.2) is 15.0 Å². The quantitative estimate of drug-likeness (QED) is 0.350. The minimum atomic E-state index is 0.571. The Kier molecular flexibility index (Phi) is 6.58. The topological polar surface area (TPSA) is 67.7 Å². The van der Waals surface area contributed by atoms with Crippen molar-refractivity contribution in [3.63, 3.8) is 0 Å². The van der Waals surface area contributed by atoms with Gasteiger partial charge in [0.25, 0.3) is 0 Å². The summed E-state index contributed by atoms with van der Waals surface area (Å²) in [7, 11) is 3.62. The zero-order chi connectivity index (χ0) is 18.5. The molecule has 10 heteroatoms. The largest absolute Gasteiger partial charge is 0.374 e. The molecular weight excluding hydrogens is 408 g/mol. The fourth-order valence-electron chi connectivity index (χ4n) is 2.28. The molecule has 3 rings (SSSR count). The van der Waals surface area contributed by atoms with E-state index in [0.717, 1.165) is 28.7 Å². The summed E-state index contributed by atoms with van der Waals surface area (Å²) in [6, 6.07) is 7.85. The van der Waals surface area contributed by atoms with Gasteiger partial charge in [-0.3, -0.25) is 0 Å². The predicted octanol–water partition coefficient (Wildman–Crippen LogP) is 3.91. The lowest BCUT2D eigenvalue weighted by molar-refractivity contribution is 0.794. The Morgan fingerprint density at radius 2 is 2.00 bits per heavy atom. The van der Waals surface area contributed by atoms with Crippen molar-refractivity contribution >= 4 is 68.6 Å². The Labute approximate surface area is 170 Å². The van der Waals surface area contributed by atoms with Crippen molar-refractivity contribution in [3.05, 3.63) is 35.6 Å². The van der Waals surface area contributed by atoms with Crippen LogP contribution in [0.2, 0.25) is 5.02 Å². The molecule has 3 aromatic rings. The lowest BCUT2D eigenvalue weighted by Crippen LogP contribution is -2.12. The van der Waals surface area contributed by atoms with Crippen molar-refractivity contribution in [2.75, 3.05) is 25.2 Å². The zero-order valence-electron chi connectivity index (χ0n) is 14.2. The molecule has 136 valence electrons. The van der Waals surface area contributed by atoms with Crippen LogP contribution in [0.25, 0.3) is 11.2 Å². The van der Waals surface area contributed by atoms with Crippen molar-refractivity contribution in [1.82, 2.24) is 24.8 Å². The first-order chi connectivity index (χ1) is 12.6. The molecule has 0 radical (unpaired) electrons. The number of anilines is 1. The maximum atomic E-state index is 5.92. The van der Waals surface area contributed by atoms with Crippen LogP contribution >= 0.6 is 47.3 Å². The molecule has 0 saturated carbocycles. The van der Waals surface area contributed by atoms with E-state index in [1.807, 2.05) is 31.3 Å². The van der Waals surface area contributed by atoms with Gasteiger partial charge < -0.3 is 15.2 Å². The normalized spacial score (nSPS) is 10.9. The molecule has 2 N–H and O–H groups in total. The van der Waals surface area contributed by atoms with E-state index in [4.69, 9.17) is 23.8 Å². The molecule has 2 heterocycles. The highest BCUT2D eigenvalue weighted by Crippen LogP contribution is 2.25. The van der Waals surface area contributed by atoms with Crippen molar-refractivity contribution in [3.8, 4) is 0 Å². The van der Waals surface area contributed by atoms with Gasteiger partial charge in [0.15, 0.2) is 16.6 Å². The summed E-state index contributed by atoms with van der Waals surface area (Å²) >= 11 is 14.2. The SMILES string of the molecule is CNC(=S)Sc1nc(NC)c2c(ncn2CCSc2ccc(Cl)cc2)n1. The molecule has 0 atom stereocenters. The van der Waals surface area contributed by atoms with Crippen LogP contribution in [0.15, 0.2) is 40.6 Å². The summed E-state index contributed by atoms with van der Waals surface area (Å²) < 4.78 is 2.68. The van der Waals surface area contributed by atoms with Crippen LogP contribution < -0.4 is 10.6 Å².